The van der Waals surface area contributed by atoms with E-state index in [9.17, 15) is 4.39 Å². The van der Waals surface area contributed by atoms with Crippen LogP contribution in [0.3, 0.4) is 0 Å². The van der Waals surface area contributed by atoms with Crippen molar-refractivity contribution in [1.29, 1.82) is 0 Å². The van der Waals surface area contributed by atoms with Crippen molar-refractivity contribution in [3.05, 3.63) is 58.9 Å². The molecule has 0 bridgehead atoms. The largest absolute Gasteiger partial charge is 0.310 e. The molecular formula is C17H20FN3. The number of hydrogen-bond donors (Lipinski definition) is 1. The maximum absolute atomic E-state index is 13.2. The van der Waals surface area contributed by atoms with E-state index < -0.39 is 0 Å². The van der Waals surface area contributed by atoms with Crippen LogP contribution in [0.1, 0.15) is 48.5 Å². The molecule has 3 nitrogen and oxygen atoms in total. The topological polar surface area (TPSA) is 37.8 Å². The summed E-state index contributed by atoms with van der Waals surface area (Å²) in [5.41, 5.74) is 3.29. The van der Waals surface area contributed by atoms with Gasteiger partial charge in [0.2, 0.25) is 0 Å². The van der Waals surface area contributed by atoms with Crippen molar-refractivity contribution in [1.82, 2.24) is 15.3 Å². The van der Waals surface area contributed by atoms with Crippen LogP contribution in [0.15, 0.2) is 30.5 Å². The lowest BCUT2D eigenvalue weighted by Gasteiger charge is -2.25. The van der Waals surface area contributed by atoms with Crippen LogP contribution in [0, 0.1) is 5.82 Å². The molecule has 0 amide bonds. The Morgan fingerprint density at radius 2 is 2.29 bits per heavy atom. The van der Waals surface area contributed by atoms with Crippen LogP contribution in [-0.2, 0) is 12.8 Å². The fourth-order valence-electron chi connectivity index (χ4n) is 2.96. The predicted molar refractivity (Wildman–Crippen MR) is 80.6 cm³/mol. The fraction of sp³-hybridized carbons (Fsp3) is 0.412. The van der Waals surface area contributed by atoms with E-state index in [0.717, 1.165) is 42.9 Å². The van der Waals surface area contributed by atoms with E-state index in [0.29, 0.717) is 12.5 Å². The van der Waals surface area contributed by atoms with Crippen molar-refractivity contribution in [2.24, 2.45) is 0 Å². The van der Waals surface area contributed by atoms with Crippen molar-refractivity contribution in [2.75, 3.05) is 6.54 Å². The fourth-order valence-corrected chi connectivity index (χ4v) is 2.96. The van der Waals surface area contributed by atoms with Gasteiger partial charge in [0.05, 0.1) is 0 Å². The van der Waals surface area contributed by atoms with Crippen LogP contribution >= 0.6 is 0 Å². The van der Waals surface area contributed by atoms with Crippen LogP contribution in [0.2, 0.25) is 0 Å². The Morgan fingerprint density at radius 3 is 3.10 bits per heavy atom. The van der Waals surface area contributed by atoms with Gasteiger partial charge in [-0.3, -0.25) is 0 Å². The Labute approximate surface area is 124 Å². The molecule has 1 aromatic carbocycles. The third-order valence-corrected chi connectivity index (χ3v) is 3.93. The molecule has 0 aliphatic heterocycles. The molecular weight excluding hydrogens is 265 g/mol. The smallest absolute Gasteiger partial charge is 0.132 e. The maximum atomic E-state index is 13.2. The van der Waals surface area contributed by atoms with E-state index in [-0.39, 0.29) is 5.82 Å². The average molecular weight is 285 g/mol. The molecule has 4 heteroatoms. The Kier molecular flexibility index (Phi) is 4.25. The summed E-state index contributed by atoms with van der Waals surface area (Å²) in [6.45, 7) is 3.07. The van der Waals surface area contributed by atoms with E-state index in [4.69, 9.17) is 4.98 Å². The minimum absolute atomic E-state index is 0.210. The SMILES string of the molecule is CCNC1CCCc2nc(Cc3cccc(F)c3)ncc21. The van der Waals surface area contributed by atoms with Gasteiger partial charge in [0.1, 0.15) is 11.6 Å². The maximum Gasteiger partial charge on any atom is 0.132 e. The molecule has 0 saturated heterocycles. The van der Waals surface area contributed by atoms with Gasteiger partial charge in [0.25, 0.3) is 0 Å². The first-order chi connectivity index (χ1) is 10.3. The molecule has 1 heterocycles. The summed E-state index contributed by atoms with van der Waals surface area (Å²) in [6.07, 6.45) is 5.84. The summed E-state index contributed by atoms with van der Waals surface area (Å²) in [7, 11) is 0. The third-order valence-electron chi connectivity index (χ3n) is 3.93. The van der Waals surface area contributed by atoms with E-state index in [1.165, 1.54) is 11.6 Å². The second kappa shape index (κ2) is 6.31. The monoisotopic (exact) mass is 285 g/mol. The first kappa shape index (κ1) is 14.1. The van der Waals surface area contributed by atoms with Crippen molar-refractivity contribution >= 4 is 0 Å². The van der Waals surface area contributed by atoms with Gasteiger partial charge < -0.3 is 5.32 Å². The second-order valence-corrected chi connectivity index (χ2v) is 5.50. The number of rotatable bonds is 4. The highest BCUT2D eigenvalue weighted by atomic mass is 19.1. The van der Waals surface area contributed by atoms with Crippen LogP contribution in [-0.4, -0.2) is 16.5 Å². The molecule has 1 aromatic heterocycles. The number of hydrogen-bond acceptors (Lipinski definition) is 3. The minimum atomic E-state index is -0.210. The summed E-state index contributed by atoms with van der Waals surface area (Å²) < 4.78 is 13.2. The predicted octanol–water partition coefficient (Wildman–Crippen LogP) is 3.19. The Balaban J connectivity index is 1.82. The molecule has 0 fully saturated rings. The van der Waals surface area contributed by atoms with Crippen LogP contribution < -0.4 is 5.32 Å². The molecule has 1 aliphatic rings. The van der Waals surface area contributed by atoms with E-state index >= 15 is 0 Å². The zero-order valence-electron chi connectivity index (χ0n) is 12.3. The molecule has 21 heavy (non-hydrogen) atoms. The van der Waals surface area contributed by atoms with Gasteiger partial charge in [-0.1, -0.05) is 19.1 Å². The highest BCUT2D eigenvalue weighted by molar-refractivity contribution is 5.26. The molecule has 2 aromatic rings. The van der Waals surface area contributed by atoms with Gasteiger partial charge in [0, 0.05) is 29.9 Å². The molecule has 110 valence electrons. The Bertz CT molecular complexity index is 627. The number of nitrogens with zero attached hydrogens (tertiary/aromatic N) is 2. The van der Waals surface area contributed by atoms with Crippen molar-refractivity contribution in [3.63, 3.8) is 0 Å². The lowest BCUT2D eigenvalue weighted by atomic mass is 9.92. The van der Waals surface area contributed by atoms with Crippen LogP contribution in [0.5, 0.6) is 0 Å². The quantitative estimate of drug-likeness (QED) is 0.937. The Morgan fingerprint density at radius 1 is 1.38 bits per heavy atom. The lowest BCUT2D eigenvalue weighted by Crippen LogP contribution is -2.26. The normalized spacial score (nSPS) is 17.5. The standard InChI is InChI=1S/C17H20FN3/c1-2-19-15-7-4-8-16-14(15)11-20-17(21-16)10-12-5-3-6-13(18)9-12/h3,5-6,9,11,15,19H,2,4,7-8,10H2,1H3. The summed E-state index contributed by atoms with van der Waals surface area (Å²) in [6, 6.07) is 7.02. The van der Waals surface area contributed by atoms with Crippen LogP contribution in [0.25, 0.3) is 0 Å². The highest BCUT2D eigenvalue weighted by Crippen LogP contribution is 2.28. The van der Waals surface area contributed by atoms with Crippen LogP contribution in [0.4, 0.5) is 4.39 Å². The summed E-state index contributed by atoms with van der Waals surface area (Å²) in [5, 5.41) is 3.49. The summed E-state index contributed by atoms with van der Waals surface area (Å²) in [4.78, 5) is 9.17. The highest BCUT2D eigenvalue weighted by Gasteiger charge is 2.21. The second-order valence-electron chi connectivity index (χ2n) is 5.50. The number of nitrogens with one attached hydrogen (secondary N) is 1. The average Bonchev–Trinajstić information content (AvgIpc) is 2.48. The van der Waals surface area contributed by atoms with Crippen molar-refractivity contribution in [3.8, 4) is 0 Å². The third kappa shape index (κ3) is 3.27. The zero-order chi connectivity index (χ0) is 14.7. The Hall–Kier alpha value is -1.81. The lowest BCUT2D eigenvalue weighted by molar-refractivity contribution is 0.463. The molecule has 1 unspecified atom stereocenters. The summed E-state index contributed by atoms with van der Waals surface area (Å²) >= 11 is 0. The van der Waals surface area contributed by atoms with E-state index in [1.54, 1.807) is 12.1 Å². The molecule has 1 aliphatic carbocycles. The van der Waals surface area contributed by atoms with Gasteiger partial charge in [-0.25, -0.2) is 14.4 Å². The molecule has 3 rings (SSSR count). The van der Waals surface area contributed by atoms with Crippen molar-refractivity contribution < 1.29 is 4.39 Å². The number of fused-ring (bicyclic) bond motifs is 1. The molecule has 0 radical (unpaired) electrons. The first-order valence-corrected chi connectivity index (χ1v) is 7.58. The van der Waals surface area contributed by atoms with Gasteiger partial charge >= 0.3 is 0 Å². The van der Waals surface area contributed by atoms with E-state index in [2.05, 4.69) is 17.2 Å². The van der Waals surface area contributed by atoms with Crippen molar-refractivity contribution in [2.45, 2.75) is 38.6 Å². The molecule has 0 saturated carbocycles. The summed E-state index contributed by atoms with van der Waals surface area (Å²) in [5.74, 6) is 0.564. The molecule has 0 spiro atoms. The minimum Gasteiger partial charge on any atom is -0.310 e. The van der Waals surface area contributed by atoms with Gasteiger partial charge in [-0.15, -0.1) is 0 Å². The van der Waals surface area contributed by atoms with Gasteiger partial charge in [0.15, 0.2) is 0 Å². The number of aryl methyl sites for hydroxylation is 1. The van der Waals surface area contributed by atoms with Gasteiger partial charge in [-0.05, 0) is 43.5 Å². The van der Waals surface area contributed by atoms with E-state index in [1.807, 2.05) is 12.3 Å². The number of benzene rings is 1. The molecule has 1 N–H and O–H groups in total. The number of aromatic nitrogens is 2. The zero-order valence-corrected chi connectivity index (χ0v) is 12.3. The first-order valence-electron chi connectivity index (χ1n) is 7.58. The number of halogens is 1. The van der Waals surface area contributed by atoms with Gasteiger partial charge in [-0.2, -0.15) is 0 Å². The molecule has 1 atom stereocenters.